The Kier molecular flexibility index (Phi) is 5.63. The molecular formula is C27H28ClN5S. The molecule has 0 spiro atoms. The number of pyridine rings is 1. The third-order valence-corrected chi connectivity index (χ3v) is 8.77. The molecule has 2 atom stereocenters. The molecule has 0 N–H and O–H groups in total. The number of fused-ring (bicyclic) bond motifs is 2. The zero-order valence-electron chi connectivity index (χ0n) is 19.5. The second kappa shape index (κ2) is 8.67. The molecule has 0 amide bonds. The molecule has 0 bridgehead atoms. The lowest BCUT2D eigenvalue weighted by Gasteiger charge is -2.21. The van der Waals surface area contributed by atoms with Crippen molar-refractivity contribution in [2.24, 2.45) is 13.0 Å². The number of aryl methyl sites for hydroxylation is 1. The molecular weight excluding hydrogens is 462 g/mol. The van der Waals surface area contributed by atoms with E-state index in [2.05, 4.69) is 68.1 Å². The first-order chi connectivity index (χ1) is 16.5. The van der Waals surface area contributed by atoms with Crippen molar-refractivity contribution in [1.82, 2.24) is 24.6 Å². The summed E-state index contributed by atoms with van der Waals surface area (Å²) < 4.78 is 2.11. The molecule has 4 aromatic rings. The van der Waals surface area contributed by atoms with Crippen LogP contribution in [0.3, 0.4) is 0 Å². The van der Waals surface area contributed by atoms with Crippen molar-refractivity contribution in [2.45, 2.75) is 30.3 Å². The smallest absolute Gasteiger partial charge is 0.191 e. The zero-order valence-corrected chi connectivity index (χ0v) is 21.1. The number of hydrogen-bond acceptors (Lipinski definition) is 5. The minimum Gasteiger partial charge on any atom is -0.305 e. The molecule has 0 radical (unpaired) electrons. The largest absolute Gasteiger partial charge is 0.305 e. The number of piperidine rings is 1. The van der Waals surface area contributed by atoms with E-state index < -0.39 is 0 Å². The summed E-state index contributed by atoms with van der Waals surface area (Å²) in [7, 11) is 2.05. The minimum atomic E-state index is 0.379. The van der Waals surface area contributed by atoms with E-state index in [1.165, 1.54) is 25.1 Å². The van der Waals surface area contributed by atoms with Crippen LogP contribution in [0.4, 0.5) is 0 Å². The van der Waals surface area contributed by atoms with Crippen LogP contribution in [0.5, 0.6) is 0 Å². The summed E-state index contributed by atoms with van der Waals surface area (Å²) in [5.41, 5.74) is 4.96. The molecule has 0 unspecified atom stereocenters. The van der Waals surface area contributed by atoms with Gasteiger partial charge in [-0.15, -0.1) is 10.2 Å². The molecule has 1 aliphatic heterocycles. The number of halogens is 1. The highest BCUT2D eigenvalue weighted by Gasteiger charge is 2.60. The van der Waals surface area contributed by atoms with Crippen molar-refractivity contribution in [3.05, 3.63) is 70.9 Å². The average Bonchev–Trinajstić information content (AvgIpc) is 3.21. The van der Waals surface area contributed by atoms with Gasteiger partial charge in [0.2, 0.25) is 0 Å². The highest BCUT2D eigenvalue weighted by Crippen LogP contribution is 2.59. The first kappa shape index (κ1) is 22.1. The summed E-state index contributed by atoms with van der Waals surface area (Å²) in [6, 6.07) is 19.0. The van der Waals surface area contributed by atoms with Crippen LogP contribution in [0, 0.1) is 12.8 Å². The third kappa shape index (κ3) is 4.02. The molecule has 174 valence electrons. The van der Waals surface area contributed by atoms with Crippen LogP contribution >= 0.6 is 23.4 Å². The summed E-state index contributed by atoms with van der Waals surface area (Å²) in [4.78, 5) is 7.23. The van der Waals surface area contributed by atoms with E-state index in [-0.39, 0.29) is 0 Å². The van der Waals surface area contributed by atoms with E-state index in [0.29, 0.717) is 5.41 Å². The van der Waals surface area contributed by atoms with Gasteiger partial charge in [0.1, 0.15) is 0 Å². The number of likely N-dealkylation sites (tertiary alicyclic amines) is 1. The van der Waals surface area contributed by atoms with Gasteiger partial charge in [0.05, 0.1) is 5.52 Å². The van der Waals surface area contributed by atoms with Gasteiger partial charge < -0.3 is 9.47 Å². The monoisotopic (exact) mass is 489 g/mol. The lowest BCUT2D eigenvalue weighted by atomic mass is 9.95. The van der Waals surface area contributed by atoms with Gasteiger partial charge in [0.25, 0.3) is 0 Å². The maximum Gasteiger partial charge on any atom is 0.191 e. The number of hydrogen-bond donors (Lipinski definition) is 0. The van der Waals surface area contributed by atoms with Gasteiger partial charge in [-0.25, -0.2) is 0 Å². The highest BCUT2D eigenvalue weighted by molar-refractivity contribution is 7.99. The SMILES string of the molecule is Cc1ccc2cc(-c3nnc(SCCCN4C[C@H]5C[C@]5(c5ccc(Cl)cc5)C4)n3C)ccc2n1. The Balaban J connectivity index is 1.04. The standard InChI is InChI=1S/C27H28ClN5S/c1-18-4-5-19-14-20(6-11-24(19)29-18)25-30-31-26(32(25)2)34-13-3-12-33-16-22-15-27(22,17-33)21-7-9-23(28)10-8-21/h4-11,14,22H,3,12-13,15-17H2,1-2H3/t22-,27-/m1/s1. The molecule has 2 fully saturated rings. The summed E-state index contributed by atoms with van der Waals surface area (Å²) in [6.07, 6.45) is 2.48. The van der Waals surface area contributed by atoms with Crippen LogP contribution in [0.2, 0.25) is 5.02 Å². The molecule has 2 aliphatic rings. The van der Waals surface area contributed by atoms with Gasteiger partial charge in [0.15, 0.2) is 11.0 Å². The van der Waals surface area contributed by atoms with E-state index in [1.54, 1.807) is 11.8 Å². The Morgan fingerprint density at radius 3 is 2.79 bits per heavy atom. The fourth-order valence-electron chi connectivity index (χ4n) is 5.50. The lowest BCUT2D eigenvalue weighted by molar-refractivity contribution is 0.299. The Morgan fingerprint density at radius 2 is 1.94 bits per heavy atom. The van der Waals surface area contributed by atoms with Crippen molar-refractivity contribution >= 4 is 34.3 Å². The molecule has 5 nitrogen and oxygen atoms in total. The van der Waals surface area contributed by atoms with Crippen molar-refractivity contribution in [1.29, 1.82) is 0 Å². The Bertz CT molecular complexity index is 1350. The van der Waals surface area contributed by atoms with Crippen LogP contribution in [0.25, 0.3) is 22.3 Å². The summed E-state index contributed by atoms with van der Waals surface area (Å²) >= 11 is 7.89. The Labute approximate surface area is 209 Å². The molecule has 1 saturated heterocycles. The van der Waals surface area contributed by atoms with Gasteiger partial charge in [-0.05, 0) is 74.2 Å². The van der Waals surface area contributed by atoms with Gasteiger partial charge >= 0.3 is 0 Å². The molecule has 6 rings (SSSR count). The maximum absolute atomic E-state index is 6.09. The molecule has 1 aliphatic carbocycles. The fourth-order valence-corrected chi connectivity index (χ4v) is 6.46. The van der Waals surface area contributed by atoms with Crippen LogP contribution in [0.1, 0.15) is 24.1 Å². The molecule has 2 aromatic heterocycles. The number of aromatic nitrogens is 4. The van der Waals surface area contributed by atoms with E-state index >= 15 is 0 Å². The van der Waals surface area contributed by atoms with Crippen molar-refractivity contribution in [3.8, 4) is 11.4 Å². The molecule has 7 heteroatoms. The van der Waals surface area contributed by atoms with Crippen LogP contribution in [-0.2, 0) is 12.5 Å². The topological polar surface area (TPSA) is 46.8 Å². The molecule has 34 heavy (non-hydrogen) atoms. The van der Waals surface area contributed by atoms with Gasteiger partial charge in [-0.1, -0.05) is 41.6 Å². The van der Waals surface area contributed by atoms with E-state index in [1.807, 2.05) is 25.1 Å². The second-order valence-corrected chi connectivity index (χ2v) is 11.2. The molecule has 1 saturated carbocycles. The zero-order chi connectivity index (χ0) is 23.3. The average molecular weight is 490 g/mol. The summed E-state index contributed by atoms with van der Waals surface area (Å²) in [5, 5.41) is 11.9. The number of nitrogens with zero attached hydrogens (tertiary/aromatic N) is 5. The van der Waals surface area contributed by atoms with Crippen molar-refractivity contribution in [2.75, 3.05) is 25.4 Å². The first-order valence-electron chi connectivity index (χ1n) is 11.9. The second-order valence-electron chi connectivity index (χ2n) is 9.73. The summed E-state index contributed by atoms with van der Waals surface area (Å²) in [5.74, 6) is 2.75. The molecule has 2 aromatic carbocycles. The summed E-state index contributed by atoms with van der Waals surface area (Å²) in [6.45, 7) is 5.55. The minimum absolute atomic E-state index is 0.379. The van der Waals surface area contributed by atoms with Gasteiger partial charge in [-0.3, -0.25) is 4.98 Å². The van der Waals surface area contributed by atoms with Crippen molar-refractivity contribution in [3.63, 3.8) is 0 Å². The Hall–Kier alpha value is -2.41. The van der Waals surface area contributed by atoms with E-state index in [0.717, 1.165) is 62.8 Å². The number of rotatable bonds is 7. The lowest BCUT2D eigenvalue weighted by Crippen LogP contribution is -2.27. The maximum atomic E-state index is 6.09. The fraction of sp³-hybridized carbons (Fsp3) is 0.370. The third-order valence-electron chi connectivity index (χ3n) is 7.41. The van der Waals surface area contributed by atoms with E-state index in [9.17, 15) is 0 Å². The van der Waals surface area contributed by atoms with Gasteiger partial charge in [0, 0.05) is 53.0 Å². The number of thioether (sulfide) groups is 1. The predicted molar refractivity (Wildman–Crippen MR) is 139 cm³/mol. The highest BCUT2D eigenvalue weighted by atomic mass is 35.5. The van der Waals surface area contributed by atoms with Crippen molar-refractivity contribution < 1.29 is 0 Å². The van der Waals surface area contributed by atoms with E-state index in [4.69, 9.17) is 11.6 Å². The van der Waals surface area contributed by atoms with Gasteiger partial charge in [-0.2, -0.15) is 0 Å². The number of benzene rings is 2. The molecule has 3 heterocycles. The van der Waals surface area contributed by atoms with Crippen LogP contribution in [-0.4, -0.2) is 50.0 Å². The normalized spacial score (nSPS) is 21.8. The first-order valence-corrected chi connectivity index (χ1v) is 13.3. The van der Waals surface area contributed by atoms with Crippen LogP contribution in [0.15, 0.2) is 59.8 Å². The predicted octanol–water partition coefficient (Wildman–Crippen LogP) is 5.75. The Morgan fingerprint density at radius 1 is 1.09 bits per heavy atom. The quantitative estimate of drug-likeness (QED) is 0.244. The van der Waals surface area contributed by atoms with Crippen LogP contribution < -0.4 is 0 Å².